The van der Waals surface area contributed by atoms with Crippen LogP contribution in [0, 0.1) is 6.92 Å². The van der Waals surface area contributed by atoms with Crippen LogP contribution in [0.5, 0.6) is 0 Å². The summed E-state index contributed by atoms with van der Waals surface area (Å²) in [6.07, 6.45) is 5.08. The topological polar surface area (TPSA) is 93.1 Å². The number of carbonyl (C=O) groups is 1. The zero-order chi connectivity index (χ0) is 21.9. The molecule has 0 aliphatic rings. The van der Waals surface area contributed by atoms with Crippen LogP contribution in [0.3, 0.4) is 0 Å². The summed E-state index contributed by atoms with van der Waals surface area (Å²) in [6.45, 7) is 4.16. The van der Waals surface area contributed by atoms with Gasteiger partial charge in [0.05, 0.1) is 27.5 Å². The van der Waals surface area contributed by atoms with Gasteiger partial charge in [0.1, 0.15) is 0 Å². The third kappa shape index (κ3) is 5.33. The Morgan fingerprint density at radius 3 is 2.60 bits per heavy atom. The van der Waals surface area contributed by atoms with Crippen LogP contribution in [0.2, 0.25) is 10.0 Å². The summed E-state index contributed by atoms with van der Waals surface area (Å²) in [4.78, 5) is 16.5. The van der Waals surface area contributed by atoms with Crippen LogP contribution in [-0.2, 0) is 16.6 Å². The van der Waals surface area contributed by atoms with E-state index in [9.17, 15) is 13.2 Å². The van der Waals surface area contributed by atoms with Gasteiger partial charge in [-0.2, -0.15) is 0 Å². The first-order valence-electron chi connectivity index (χ1n) is 9.01. The molecule has 1 heterocycles. The molecule has 1 aromatic heterocycles. The Morgan fingerprint density at radius 1 is 1.17 bits per heavy atom. The molecular weight excluding hydrogens is 447 g/mol. The Hall–Kier alpha value is -2.55. The Kier molecular flexibility index (Phi) is 6.70. The molecule has 0 saturated carbocycles. The van der Waals surface area contributed by atoms with Gasteiger partial charge in [-0.15, -0.1) is 0 Å². The Morgan fingerprint density at radius 2 is 1.93 bits per heavy atom. The number of benzene rings is 2. The molecular formula is C20H20Cl2N4O3S. The largest absolute Gasteiger partial charge is 0.348 e. The average molecular weight is 467 g/mol. The molecule has 2 aromatic carbocycles. The molecule has 10 heteroatoms. The van der Waals surface area contributed by atoms with Gasteiger partial charge >= 0.3 is 0 Å². The third-order valence-corrected chi connectivity index (χ3v) is 6.45. The lowest BCUT2D eigenvalue weighted by Crippen LogP contribution is -2.35. The summed E-state index contributed by atoms with van der Waals surface area (Å²) < 4.78 is 29.8. The second-order valence-corrected chi connectivity index (χ2v) is 9.34. The maximum atomic E-state index is 12.8. The van der Waals surface area contributed by atoms with Crippen LogP contribution in [0.15, 0.2) is 60.0 Å². The van der Waals surface area contributed by atoms with Gasteiger partial charge in [-0.3, -0.25) is 9.52 Å². The second-order valence-electron chi connectivity index (χ2n) is 6.85. The number of anilines is 1. The fourth-order valence-electron chi connectivity index (χ4n) is 2.77. The van der Waals surface area contributed by atoms with Gasteiger partial charge < -0.3 is 9.88 Å². The van der Waals surface area contributed by atoms with Crippen LogP contribution in [0.25, 0.3) is 0 Å². The van der Waals surface area contributed by atoms with Gasteiger partial charge in [-0.05, 0) is 49.7 Å². The van der Waals surface area contributed by atoms with Gasteiger partial charge in [0.25, 0.3) is 15.9 Å². The van der Waals surface area contributed by atoms with Crippen LogP contribution in [0.4, 0.5) is 5.69 Å². The number of carbonyl (C=O) groups excluding carboxylic acids is 1. The van der Waals surface area contributed by atoms with Crippen LogP contribution >= 0.6 is 23.2 Å². The van der Waals surface area contributed by atoms with Crippen molar-refractivity contribution in [2.45, 2.75) is 31.3 Å². The van der Waals surface area contributed by atoms with Crippen molar-refractivity contribution < 1.29 is 13.2 Å². The van der Waals surface area contributed by atoms with E-state index in [-0.39, 0.29) is 21.5 Å². The highest BCUT2D eigenvalue weighted by Crippen LogP contribution is 2.25. The minimum absolute atomic E-state index is 0.0685. The highest BCUT2D eigenvalue weighted by Gasteiger charge is 2.20. The van der Waals surface area contributed by atoms with E-state index in [0.717, 1.165) is 5.56 Å². The van der Waals surface area contributed by atoms with Crippen molar-refractivity contribution in [3.8, 4) is 0 Å². The molecule has 0 radical (unpaired) electrons. The molecule has 0 fully saturated rings. The van der Waals surface area contributed by atoms with Crippen LogP contribution < -0.4 is 10.0 Å². The number of aryl methyl sites for hydroxylation is 1. The predicted octanol–water partition coefficient (Wildman–Crippen LogP) is 4.12. The van der Waals surface area contributed by atoms with Gasteiger partial charge in [0.15, 0.2) is 0 Å². The highest BCUT2D eigenvalue weighted by atomic mass is 35.5. The van der Waals surface area contributed by atoms with E-state index < -0.39 is 15.9 Å². The molecule has 3 rings (SSSR count). The van der Waals surface area contributed by atoms with E-state index in [4.69, 9.17) is 23.2 Å². The van der Waals surface area contributed by atoms with Crippen molar-refractivity contribution in [1.29, 1.82) is 0 Å². The number of halogens is 2. The first kappa shape index (κ1) is 22.1. The number of hydrogen-bond acceptors (Lipinski definition) is 4. The van der Waals surface area contributed by atoms with Gasteiger partial charge in [0.2, 0.25) is 0 Å². The number of hydrogen-bond donors (Lipinski definition) is 2. The first-order chi connectivity index (χ1) is 14.2. The number of nitrogens with zero attached hydrogens (tertiary/aromatic N) is 2. The monoisotopic (exact) mass is 466 g/mol. The summed E-state index contributed by atoms with van der Waals surface area (Å²) in [5, 5.41) is 3.41. The normalized spacial score (nSPS) is 12.4. The molecule has 3 aromatic rings. The minimum atomic E-state index is -3.94. The minimum Gasteiger partial charge on any atom is -0.348 e. The van der Waals surface area contributed by atoms with Crippen molar-refractivity contribution in [2.75, 3.05) is 4.72 Å². The van der Waals surface area contributed by atoms with Crippen LogP contribution in [0.1, 0.15) is 22.8 Å². The molecule has 2 N–H and O–H groups in total. The Labute approximate surface area is 185 Å². The molecule has 1 unspecified atom stereocenters. The summed E-state index contributed by atoms with van der Waals surface area (Å²) >= 11 is 12.2. The van der Waals surface area contributed by atoms with Gasteiger partial charge in [-0.25, -0.2) is 13.4 Å². The third-order valence-electron chi connectivity index (χ3n) is 4.34. The van der Waals surface area contributed by atoms with Crippen molar-refractivity contribution in [3.05, 3.63) is 76.3 Å². The molecule has 0 aliphatic heterocycles. The van der Waals surface area contributed by atoms with Crippen molar-refractivity contribution in [2.24, 2.45) is 0 Å². The zero-order valence-corrected chi connectivity index (χ0v) is 18.6. The fraction of sp³-hybridized carbons (Fsp3) is 0.200. The number of nitrogens with one attached hydrogen (secondary N) is 2. The molecule has 0 spiro atoms. The Balaban J connectivity index is 1.79. The standard InChI is InChI=1S/C20H20Cl2N4O3S/c1-13-3-4-15(9-19(13)22)25-30(28,29)16-5-6-18(21)17(10-16)20(27)24-14(2)11-26-8-7-23-12-26/h3-10,12,14,25H,11H2,1-2H3,(H,24,27). The molecule has 0 bridgehead atoms. The highest BCUT2D eigenvalue weighted by molar-refractivity contribution is 7.92. The maximum Gasteiger partial charge on any atom is 0.261 e. The zero-order valence-electron chi connectivity index (χ0n) is 16.3. The van der Waals surface area contributed by atoms with E-state index in [2.05, 4.69) is 15.0 Å². The summed E-state index contributed by atoms with van der Waals surface area (Å²) in [6, 6.07) is 8.59. The quantitative estimate of drug-likeness (QED) is 0.547. The van der Waals surface area contributed by atoms with Crippen molar-refractivity contribution >= 4 is 44.8 Å². The van der Waals surface area contributed by atoms with E-state index >= 15 is 0 Å². The maximum absolute atomic E-state index is 12.8. The molecule has 7 nitrogen and oxygen atoms in total. The average Bonchev–Trinajstić information content (AvgIpc) is 3.17. The smallest absolute Gasteiger partial charge is 0.261 e. The number of sulfonamides is 1. The van der Waals surface area contributed by atoms with E-state index in [0.29, 0.717) is 17.3 Å². The number of rotatable bonds is 7. The summed E-state index contributed by atoms with van der Waals surface area (Å²) in [7, 11) is -3.94. The SMILES string of the molecule is Cc1ccc(NS(=O)(=O)c2ccc(Cl)c(C(=O)NC(C)Cn3ccnc3)c2)cc1Cl. The number of amides is 1. The number of aromatic nitrogens is 2. The van der Waals surface area contributed by atoms with Crippen molar-refractivity contribution in [3.63, 3.8) is 0 Å². The van der Waals surface area contributed by atoms with E-state index in [1.54, 1.807) is 30.9 Å². The predicted molar refractivity (Wildman–Crippen MR) is 118 cm³/mol. The summed E-state index contributed by atoms with van der Waals surface area (Å²) in [5.41, 5.74) is 1.22. The van der Waals surface area contributed by atoms with E-state index in [1.807, 2.05) is 18.4 Å². The molecule has 30 heavy (non-hydrogen) atoms. The lowest BCUT2D eigenvalue weighted by atomic mass is 10.2. The Bertz CT molecular complexity index is 1160. The fourth-order valence-corrected chi connectivity index (χ4v) is 4.23. The van der Waals surface area contributed by atoms with Gasteiger partial charge in [-0.1, -0.05) is 29.3 Å². The van der Waals surface area contributed by atoms with E-state index in [1.165, 1.54) is 24.3 Å². The first-order valence-corrected chi connectivity index (χ1v) is 11.2. The molecule has 0 aliphatic carbocycles. The molecule has 0 saturated heterocycles. The number of imidazole rings is 1. The summed E-state index contributed by atoms with van der Waals surface area (Å²) in [5.74, 6) is -0.469. The lowest BCUT2D eigenvalue weighted by molar-refractivity contribution is 0.0936. The van der Waals surface area contributed by atoms with Gasteiger partial charge in [0, 0.05) is 30.0 Å². The van der Waals surface area contributed by atoms with Crippen molar-refractivity contribution in [1.82, 2.24) is 14.9 Å². The molecule has 1 amide bonds. The van der Waals surface area contributed by atoms with Crippen LogP contribution in [-0.4, -0.2) is 29.9 Å². The lowest BCUT2D eigenvalue weighted by Gasteiger charge is -2.16. The molecule has 158 valence electrons. The molecule has 1 atom stereocenters. The second kappa shape index (κ2) is 9.07.